The Labute approximate surface area is 140 Å². The molecule has 2 aromatic carbocycles. The third-order valence-corrected chi connectivity index (χ3v) is 4.08. The standard InChI is InChI=1S/C7H5F3O3S.C7H8I/c8-7(9,10)5-2-1-3-6(4-5)14(11,12)13;1-6-2-4-7(8)5-3-6/h1-4H,(H,11,12,13);2-5,8H,1H3/q;+1/p-1. The van der Waals surface area contributed by atoms with Crippen molar-refractivity contribution in [3.8, 4) is 0 Å². The average Bonchev–Trinajstić information content (AvgIpc) is 2.41. The molecule has 0 aliphatic carbocycles. The van der Waals surface area contributed by atoms with Crippen molar-refractivity contribution in [1.82, 2.24) is 0 Å². The molecule has 0 fully saturated rings. The quantitative estimate of drug-likeness (QED) is 0.462. The highest BCUT2D eigenvalue weighted by molar-refractivity contribution is 7.85. The molecule has 0 amide bonds. The maximum Gasteiger partial charge on any atom is 0.416 e. The molecule has 0 N–H and O–H groups in total. The lowest BCUT2D eigenvalue weighted by molar-refractivity contribution is -0.328. The Morgan fingerprint density at radius 3 is 2.00 bits per heavy atom. The van der Waals surface area contributed by atoms with E-state index < -0.39 is 26.8 Å². The third kappa shape index (κ3) is 6.32. The van der Waals surface area contributed by atoms with Gasteiger partial charge >= 0.3 is 6.18 Å². The van der Waals surface area contributed by atoms with Crippen LogP contribution in [0.1, 0.15) is 11.1 Å². The summed E-state index contributed by atoms with van der Waals surface area (Å²) in [4.78, 5) is -0.882. The summed E-state index contributed by atoms with van der Waals surface area (Å²) >= 11 is 2.03. The van der Waals surface area contributed by atoms with Crippen molar-refractivity contribution in [1.29, 1.82) is 0 Å². The zero-order valence-corrected chi connectivity index (χ0v) is 14.4. The Hall–Kier alpha value is -1.13. The molecule has 3 nitrogen and oxygen atoms in total. The molecular formula is C14H12F3IO3S. The second kappa shape index (κ2) is 7.42. The molecule has 0 saturated heterocycles. The zero-order chi connectivity index (χ0) is 17.0. The first-order valence-electron chi connectivity index (χ1n) is 5.87. The molecule has 22 heavy (non-hydrogen) atoms. The SMILES string of the molecule is Cc1ccc([IH+])cc1.O=S(=O)([O-])c1cccc(C(F)(F)F)c1. The number of hydrogen-bond acceptors (Lipinski definition) is 3. The summed E-state index contributed by atoms with van der Waals surface area (Å²) < 4.78 is 68.7. The largest absolute Gasteiger partial charge is 0.744 e. The van der Waals surface area contributed by atoms with E-state index in [1.807, 2.05) is 22.6 Å². The van der Waals surface area contributed by atoms with E-state index in [9.17, 15) is 26.1 Å². The van der Waals surface area contributed by atoms with E-state index in [1.54, 1.807) is 0 Å². The van der Waals surface area contributed by atoms with Gasteiger partial charge in [0.15, 0.2) is 3.57 Å². The second-order valence-corrected chi connectivity index (χ2v) is 7.02. The van der Waals surface area contributed by atoms with Crippen LogP contribution in [0.25, 0.3) is 0 Å². The van der Waals surface area contributed by atoms with Gasteiger partial charge in [-0.3, -0.25) is 0 Å². The molecule has 2 rings (SSSR count). The summed E-state index contributed by atoms with van der Waals surface area (Å²) in [5.41, 5.74) is 0.173. The number of benzene rings is 2. The molecular weight excluding hydrogens is 432 g/mol. The Morgan fingerprint density at radius 2 is 1.59 bits per heavy atom. The van der Waals surface area contributed by atoms with Crippen LogP contribution >= 0.6 is 0 Å². The summed E-state index contributed by atoms with van der Waals surface area (Å²) in [6, 6.07) is 11.2. The van der Waals surface area contributed by atoms with Crippen molar-refractivity contribution in [2.75, 3.05) is 0 Å². The van der Waals surface area contributed by atoms with Crippen molar-refractivity contribution in [2.45, 2.75) is 18.0 Å². The Morgan fingerprint density at radius 1 is 1.05 bits per heavy atom. The van der Waals surface area contributed by atoms with Crippen LogP contribution in [-0.4, -0.2) is 13.0 Å². The van der Waals surface area contributed by atoms with Crippen LogP contribution in [0.3, 0.4) is 0 Å². The number of rotatable bonds is 1. The van der Waals surface area contributed by atoms with Crippen LogP contribution in [0.4, 0.5) is 13.2 Å². The molecule has 0 aliphatic rings. The van der Waals surface area contributed by atoms with Gasteiger partial charge in [0.05, 0.1) is 10.5 Å². The molecule has 0 heterocycles. The van der Waals surface area contributed by atoms with E-state index in [-0.39, 0.29) is 0 Å². The second-order valence-electron chi connectivity index (χ2n) is 4.29. The van der Waals surface area contributed by atoms with Gasteiger partial charge < -0.3 is 4.55 Å². The Balaban J connectivity index is 0.000000255. The van der Waals surface area contributed by atoms with Gasteiger partial charge in [0.2, 0.25) is 0 Å². The maximum atomic E-state index is 12.1. The number of alkyl halides is 3. The predicted octanol–water partition coefficient (Wildman–Crippen LogP) is 0.0597. The summed E-state index contributed by atoms with van der Waals surface area (Å²) in [6.45, 7) is 2.10. The minimum absolute atomic E-state index is 0.308. The van der Waals surface area contributed by atoms with Crippen LogP contribution in [0.2, 0.25) is 0 Å². The van der Waals surface area contributed by atoms with E-state index in [0.717, 1.165) is 12.1 Å². The Bertz CT molecular complexity index is 705. The first-order valence-corrected chi connectivity index (χ1v) is 8.44. The van der Waals surface area contributed by atoms with Crippen LogP contribution in [0, 0.1) is 10.5 Å². The third-order valence-electron chi connectivity index (χ3n) is 2.47. The van der Waals surface area contributed by atoms with Gasteiger partial charge in [-0.2, -0.15) is 13.2 Å². The maximum absolute atomic E-state index is 12.1. The first-order chi connectivity index (χ1) is 10.00. The molecule has 0 aliphatic heterocycles. The number of aryl methyl sites for hydroxylation is 1. The van der Waals surface area contributed by atoms with Crippen LogP contribution in [0.15, 0.2) is 53.4 Å². The normalized spacial score (nSPS) is 11.5. The minimum Gasteiger partial charge on any atom is -0.744 e. The Kier molecular flexibility index (Phi) is 6.38. The van der Waals surface area contributed by atoms with Crippen molar-refractivity contribution in [3.05, 3.63) is 63.2 Å². The number of halogens is 4. The van der Waals surface area contributed by atoms with Gasteiger partial charge in [0.1, 0.15) is 10.1 Å². The summed E-state index contributed by atoms with van der Waals surface area (Å²) in [7, 11) is -4.84. The predicted molar refractivity (Wildman–Crippen MR) is 70.7 cm³/mol. The van der Waals surface area contributed by atoms with Gasteiger partial charge in [-0.05, 0) is 37.3 Å². The smallest absolute Gasteiger partial charge is 0.416 e. The minimum atomic E-state index is -4.84. The lowest BCUT2D eigenvalue weighted by atomic mass is 10.2. The molecule has 120 valence electrons. The molecule has 0 spiro atoms. The summed E-state index contributed by atoms with van der Waals surface area (Å²) in [5.74, 6) is 0. The summed E-state index contributed by atoms with van der Waals surface area (Å²) in [5, 5.41) is 0. The lowest BCUT2D eigenvalue weighted by Crippen LogP contribution is -3.34. The van der Waals surface area contributed by atoms with Gasteiger partial charge in [0.25, 0.3) is 22.6 Å². The molecule has 0 atom stereocenters. The van der Waals surface area contributed by atoms with Gasteiger partial charge in [-0.1, -0.05) is 23.8 Å². The molecule has 0 unspecified atom stereocenters. The van der Waals surface area contributed by atoms with Crippen molar-refractivity contribution in [2.24, 2.45) is 0 Å². The molecule has 0 radical (unpaired) electrons. The van der Waals surface area contributed by atoms with Crippen LogP contribution in [-0.2, 0) is 16.3 Å². The monoisotopic (exact) mass is 444 g/mol. The topological polar surface area (TPSA) is 57.2 Å². The van der Waals surface area contributed by atoms with E-state index in [1.165, 1.54) is 9.13 Å². The highest BCUT2D eigenvalue weighted by Gasteiger charge is 2.30. The van der Waals surface area contributed by atoms with Crippen LogP contribution in [0.5, 0.6) is 0 Å². The average molecular weight is 444 g/mol. The highest BCUT2D eigenvalue weighted by atomic mass is 127. The summed E-state index contributed by atoms with van der Waals surface area (Å²) in [6.07, 6.45) is -4.65. The first kappa shape index (κ1) is 18.9. The fourth-order valence-electron chi connectivity index (χ4n) is 1.37. The lowest BCUT2D eigenvalue weighted by Gasteiger charge is -2.10. The molecule has 2 aromatic rings. The van der Waals surface area contributed by atoms with Gasteiger partial charge in [0, 0.05) is 0 Å². The van der Waals surface area contributed by atoms with E-state index in [4.69, 9.17) is 0 Å². The highest BCUT2D eigenvalue weighted by Crippen LogP contribution is 2.30. The van der Waals surface area contributed by atoms with E-state index in [0.29, 0.717) is 12.1 Å². The van der Waals surface area contributed by atoms with Crippen molar-refractivity contribution < 1.29 is 48.7 Å². The van der Waals surface area contributed by atoms with E-state index >= 15 is 0 Å². The molecule has 0 aromatic heterocycles. The molecule has 0 bridgehead atoms. The number of hydrogen-bond donors (Lipinski definition) is 0. The van der Waals surface area contributed by atoms with E-state index in [2.05, 4.69) is 31.2 Å². The van der Waals surface area contributed by atoms with Gasteiger partial charge in [-0.15, -0.1) is 0 Å². The molecule has 8 heteroatoms. The fourth-order valence-corrected chi connectivity index (χ4v) is 2.27. The zero-order valence-electron chi connectivity index (χ0n) is 11.3. The van der Waals surface area contributed by atoms with Crippen molar-refractivity contribution >= 4 is 10.1 Å². The molecule has 0 saturated carbocycles. The van der Waals surface area contributed by atoms with Crippen molar-refractivity contribution in [3.63, 3.8) is 0 Å². The van der Waals surface area contributed by atoms with Crippen LogP contribution < -0.4 is 22.6 Å². The van der Waals surface area contributed by atoms with Gasteiger partial charge in [-0.25, -0.2) is 8.42 Å². The fraction of sp³-hybridized carbons (Fsp3) is 0.143.